The number of nitrogens with zero attached hydrogens (tertiary/aromatic N) is 2. The second-order valence-corrected chi connectivity index (χ2v) is 3.98. The van der Waals surface area contributed by atoms with E-state index in [0.717, 1.165) is 5.56 Å². The van der Waals surface area contributed by atoms with Crippen LogP contribution in [-0.4, -0.2) is 14.9 Å². The van der Waals surface area contributed by atoms with E-state index < -0.39 is 0 Å². The van der Waals surface area contributed by atoms with Crippen LogP contribution in [0.5, 0.6) is 5.75 Å². The van der Waals surface area contributed by atoms with Crippen molar-refractivity contribution in [3.05, 3.63) is 46.2 Å². The van der Waals surface area contributed by atoms with E-state index in [9.17, 15) is 0 Å². The predicted molar refractivity (Wildman–Crippen MR) is 59.5 cm³/mol. The molecule has 0 saturated carbocycles. The van der Waals surface area contributed by atoms with Crippen LogP contribution < -0.4 is 0 Å². The van der Waals surface area contributed by atoms with E-state index in [1.165, 1.54) is 12.4 Å². The summed E-state index contributed by atoms with van der Waals surface area (Å²) in [5, 5.41) is 14.3. The van der Waals surface area contributed by atoms with Gasteiger partial charge in [-0.05, 0) is 17.7 Å². The van der Waals surface area contributed by atoms with Gasteiger partial charge in [-0.2, -0.15) is 5.10 Å². The van der Waals surface area contributed by atoms with Crippen LogP contribution >= 0.6 is 23.2 Å². The van der Waals surface area contributed by atoms with E-state index in [-0.39, 0.29) is 5.75 Å². The molecule has 0 unspecified atom stereocenters. The van der Waals surface area contributed by atoms with Gasteiger partial charge in [0.05, 0.1) is 18.9 Å². The van der Waals surface area contributed by atoms with E-state index in [1.54, 1.807) is 16.8 Å². The van der Waals surface area contributed by atoms with Crippen LogP contribution in [0.25, 0.3) is 0 Å². The van der Waals surface area contributed by atoms with Crippen molar-refractivity contribution in [2.45, 2.75) is 6.54 Å². The van der Waals surface area contributed by atoms with Gasteiger partial charge in [0.25, 0.3) is 0 Å². The second kappa shape index (κ2) is 4.13. The van der Waals surface area contributed by atoms with Gasteiger partial charge in [0.2, 0.25) is 0 Å². The van der Waals surface area contributed by atoms with Crippen molar-refractivity contribution >= 4 is 23.2 Å². The quantitative estimate of drug-likeness (QED) is 0.880. The molecule has 3 nitrogen and oxygen atoms in total. The highest BCUT2D eigenvalue weighted by Crippen LogP contribution is 2.21. The average molecular weight is 243 g/mol. The Morgan fingerprint density at radius 3 is 2.73 bits per heavy atom. The standard InChI is InChI=1S/C10H8Cl2N2O/c11-8-2-1-7(10(12)3-8)5-14-6-9(15)4-13-14/h1-4,6,15H,5H2. The molecule has 0 amide bonds. The molecule has 0 atom stereocenters. The van der Waals surface area contributed by atoms with E-state index in [1.807, 2.05) is 6.07 Å². The minimum absolute atomic E-state index is 0.139. The van der Waals surface area contributed by atoms with Crippen molar-refractivity contribution in [2.75, 3.05) is 0 Å². The van der Waals surface area contributed by atoms with Crippen LogP contribution in [0.2, 0.25) is 10.0 Å². The molecule has 1 heterocycles. The Hall–Kier alpha value is -1.19. The smallest absolute Gasteiger partial charge is 0.153 e. The van der Waals surface area contributed by atoms with E-state index in [0.29, 0.717) is 16.6 Å². The van der Waals surface area contributed by atoms with Crippen LogP contribution in [0.3, 0.4) is 0 Å². The number of aromatic hydroxyl groups is 1. The van der Waals surface area contributed by atoms with Crippen LogP contribution in [0.4, 0.5) is 0 Å². The van der Waals surface area contributed by atoms with Crippen LogP contribution in [0.15, 0.2) is 30.6 Å². The lowest BCUT2D eigenvalue weighted by molar-refractivity contribution is 0.474. The van der Waals surface area contributed by atoms with Gasteiger partial charge < -0.3 is 5.11 Å². The molecule has 0 spiro atoms. The van der Waals surface area contributed by atoms with Gasteiger partial charge in [0, 0.05) is 10.0 Å². The highest BCUT2D eigenvalue weighted by molar-refractivity contribution is 6.35. The summed E-state index contributed by atoms with van der Waals surface area (Å²) < 4.78 is 1.60. The predicted octanol–water partition coefficient (Wildman–Crippen LogP) is 2.94. The van der Waals surface area contributed by atoms with Crippen LogP contribution in [0, 0.1) is 0 Å². The summed E-state index contributed by atoms with van der Waals surface area (Å²) in [6.07, 6.45) is 2.91. The van der Waals surface area contributed by atoms with E-state index in [2.05, 4.69) is 5.10 Å². The first kappa shape index (κ1) is 10.3. The molecule has 1 aromatic carbocycles. The zero-order valence-corrected chi connectivity index (χ0v) is 9.20. The molecule has 0 aliphatic carbocycles. The third-order valence-electron chi connectivity index (χ3n) is 1.97. The minimum atomic E-state index is 0.139. The van der Waals surface area contributed by atoms with Gasteiger partial charge in [-0.25, -0.2) is 0 Å². The molecular formula is C10H8Cl2N2O. The Balaban J connectivity index is 2.24. The number of rotatable bonds is 2. The zero-order chi connectivity index (χ0) is 10.8. The normalized spacial score (nSPS) is 10.5. The lowest BCUT2D eigenvalue weighted by Gasteiger charge is -2.04. The van der Waals surface area contributed by atoms with Crippen molar-refractivity contribution in [2.24, 2.45) is 0 Å². The molecule has 0 radical (unpaired) electrons. The summed E-state index contributed by atoms with van der Waals surface area (Å²) in [5.41, 5.74) is 0.907. The number of aromatic nitrogens is 2. The van der Waals surface area contributed by atoms with Gasteiger partial charge in [0.15, 0.2) is 5.75 Å². The summed E-state index contributed by atoms with van der Waals surface area (Å²) in [4.78, 5) is 0. The highest BCUT2D eigenvalue weighted by atomic mass is 35.5. The first-order valence-corrected chi connectivity index (χ1v) is 5.06. The van der Waals surface area contributed by atoms with E-state index >= 15 is 0 Å². The van der Waals surface area contributed by atoms with Gasteiger partial charge in [-0.15, -0.1) is 0 Å². The molecule has 1 N–H and O–H groups in total. The zero-order valence-electron chi connectivity index (χ0n) is 7.69. The first-order valence-electron chi connectivity index (χ1n) is 4.30. The van der Waals surface area contributed by atoms with Crippen molar-refractivity contribution in [1.29, 1.82) is 0 Å². The maximum Gasteiger partial charge on any atom is 0.153 e. The van der Waals surface area contributed by atoms with Crippen molar-refractivity contribution in [3.63, 3.8) is 0 Å². The Labute approximate surface area is 96.9 Å². The van der Waals surface area contributed by atoms with Crippen LogP contribution in [-0.2, 0) is 6.54 Å². The van der Waals surface area contributed by atoms with Crippen molar-refractivity contribution in [1.82, 2.24) is 9.78 Å². The topological polar surface area (TPSA) is 38.1 Å². The van der Waals surface area contributed by atoms with Gasteiger partial charge in [-0.3, -0.25) is 4.68 Å². The molecular weight excluding hydrogens is 235 g/mol. The van der Waals surface area contributed by atoms with Crippen molar-refractivity contribution < 1.29 is 5.11 Å². The van der Waals surface area contributed by atoms with E-state index in [4.69, 9.17) is 28.3 Å². The number of hydrogen-bond acceptors (Lipinski definition) is 2. The fourth-order valence-corrected chi connectivity index (χ4v) is 1.73. The molecule has 0 aliphatic rings. The van der Waals surface area contributed by atoms with Crippen LogP contribution in [0.1, 0.15) is 5.56 Å². The second-order valence-electron chi connectivity index (χ2n) is 3.13. The number of halogens is 2. The van der Waals surface area contributed by atoms with Gasteiger partial charge >= 0.3 is 0 Å². The third-order valence-corrected chi connectivity index (χ3v) is 2.55. The molecule has 0 fully saturated rings. The molecule has 0 saturated heterocycles. The summed E-state index contributed by atoms with van der Waals surface area (Å²) in [6.45, 7) is 0.510. The maximum atomic E-state index is 9.11. The molecule has 2 rings (SSSR count). The lowest BCUT2D eigenvalue weighted by Crippen LogP contribution is -2.00. The summed E-state index contributed by atoms with van der Waals surface area (Å²) >= 11 is 11.8. The highest BCUT2D eigenvalue weighted by Gasteiger charge is 2.03. The largest absolute Gasteiger partial charge is 0.505 e. The molecule has 1 aromatic heterocycles. The summed E-state index contributed by atoms with van der Waals surface area (Å²) in [5.74, 6) is 0.139. The Bertz CT molecular complexity index is 482. The third kappa shape index (κ3) is 2.43. The number of hydrogen-bond donors (Lipinski definition) is 1. The lowest BCUT2D eigenvalue weighted by atomic mass is 10.2. The molecule has 15 heavy (non-hydrogen) atoms. The maximum absolute atomic E-state index is 9.11. The summed E-state index contributed by atoms with van der Waals surface area (Å²) in [7, 11) is 0. The monoisotopic (exact) mass is 242 g/mol. The summed E-state index contributed by atoms with van der Waals surface area (Å²) in [6, 6.07) is 5.29. The molecule has 0 aliphatic heterocycles. The molecule has 5 heteroatoms. The Kier molecular flexibility index (Phi) is 2.84. The Morgan fingerprint density at radius 2 is 2.13 bits per heavy atom. The first-order chi connectivity index (χ1) is 7.15. The van der Waals surface area contributed by atoms with Gasteiger partial charge in [0.1, 0.15) is 0 Å². The average Bonchev–Trinajstić information content (AvgIpc) is 2.56. The molecule has 78 valence electrons. The molecule has 2 aromatic rings. The van der Waals surface area contributed by atoms with Gasteiger partial charge in [-0.1, -0.05) is 29.3 Å². The molecule has 0 bridgehead atoms. The number of benzene rings is 1. The van der Waals surface area contributed by atoms with Crippen molar-refractivity contribution in [3.8, 4) is 5.75 Å². The fourth-order valence-electron chi connectivity index (χ4n) is 1.26. The SMILES string of the molecule is Oc1cnn(Cc2ccc(Cl)cc2Cl)c1. The minimum Gasteiger partial charge on any atom is -0.505 e. The fraction of sp³-hybridized carbons (Fsp3) is 0.100. The Morgan fingerprint density at radius 1 is 1.33 bits per heavy atom.